The number of alkyl halides is 2. The van der Waals surface area contributed by atoms with Gasteiger partial charge < -0.3 is 14.8 Å². The molecule has 0 aromatic carbocycles. The average Bonchev–Trinajstić information content (AvgIpc) is 2.88. The number of aromatic nitrogens is 2. The molecule has 0 amide bonds. The molecule has 1 aliphatic carbocycles. The summed E-state index contributed by atoms with van der Waals surface area (Å²) >= 11 is 6.07. The van der Waals surface area contributed by atoms with Crippen LogP contribution >= 0.6 is 11.6 Å². The topological polar surface area (TPSA) is 56.3 Å². The van der Waals surface area contributed by atoms with Crippen LogP contribution in [0.2, 0.25) is 5.15 Å². The largest absolute Gasteiger partial charge is 0.376 e. The van der Waals surface area contributed by atoms with Crippen LogP contribution in [0.25, 0.3) is 0 Å². The number of hydrogen-bond donors (Lipinski definition) is 1. The molecule has 0 spiro atoms. The molecule has 2 atom stereocenters. The number of ether oxygens (including phenoxy) is 2. The Morgan fingerprint density at radius 1 is 1.35 bits per heavy atom. The minimum Gasteiger partial charge on any atom is -0.376 e. The second kappa shape index (κ2) is 7.23. The van der Waals surface area contributed by atoms with Gasteiger partial charge in [-0.15, -0.1) is 10.2 Å². The van der Waals surface area contributed by atoms with Crippen molar-refractivity contribution >= 4 is 17.4 Å². The van der Waals surface area contributed by atoms with Crippen molar-refractivity contribution in [1.29, 1.82) is 0 Å². The van der Waals surface area contributed by atoms with E-state index in [0.717, 1.165) is 0 Å². The van der Waals surface area contributed by atoms with E-state index < -0.39 is 11.8 Å². The number of anilines is 1. The van der Waals surface area contributed by atoms with Gasteiger partial charge in [0.2, 0.25) is 0 Å². The van der Waals surface area contributed by atoms with Crippen molar-refractivity contribution < 1.29 is 18.3 Å². The molecule has 0 bridgehead atoms. The maximum Gasteiger partial charge on any atom is 0.251 e. The molecule has 0 radical (unpaired) electrons. The van der Waals surface area contributed by atoms with E-state index in [1.165, 1.54) is 0 Å². The predicted molar refractivity (Wildman–Crippen MR) is 81.9 cm³/mol. The van der Waals surface area contributed by atoms with Gasteiger partial charge in [-0.3, -0.25) is 0 Å². The first-order valence-corrected chi connectivity index (χ1v) is 8.28. The Bertz CT molecular complexity index is 541. The minimum absolute atomic E-state index is 0.00157. The van der Waals surface area contributed by atoms with E-state index >= 15 is 0 Å². The Hall–Kier alpha value is -1.05. The molecule has 1 aromatic rings. The van der Waals surface area contributed by atoms with Crippen molar-refractivity contribution in [2.75, 3.05) is 31.7 Å². The summed E-state index contributed by atoms with van der Waals surface area (Å²) in [6.45, 7) is 1.91. The van der Waals surface area contributed by atoms with E-state index in [9.17, 15) is 8.78 Å². The molecule has 3 rings (SSSR count). The number of nitrogens with one attached hydrogen (secondary N) is 1. The summed E-state index contributed by atoms with van der Waals surface area (Å²) in [5.74, 6) is -2.57. The van der Waals surface area contributed by atoms with Crippen LogP contribution in [-0.4, -0.2) is 42.5 Å². The summed E-state index contributed by atoms with van der Waals surface area (Å²) in [4.78, 5) is 0. The molecule has 2 aliphatic rings. The van der Waals surface area contributed by atoms with E-state index in [1.807, 2.05) is 0 Å². The van der Waals surface area contributed by atoms with Crippen molar-refractivity contribution in [3.63, 3.8) is 0 Å². The first-order chi connectivity index (χ1) is 11.1. The highest BCUT2D eigenvalue weighted by Crippen LogP contribution is 2.42. The van der Waals surface area contributed by atoms with Gasteiger partial charge in [0.15, 0.2) is 5.15 Å². The van der Waals surface area contributed by atoms with E-state index in [2.05, 4.69) is 15.5 Å². The van der Waals surface area contributed by atoms with Crippen LogP contribution in [0.3, 0.4) is 0 Å². The van der Waals surface area contributed by atoms with Crippen molar-refractivity contribution in [2.24, 2.45) is 5.92 Å². The standard InChI is InChI=1S/C15H20ClF2N3O2/c16-14-11(12-9-22-6-7-23-12)8-13(20-21-14)19-5-3-10-2-1-4-15(10,17)18/h8,10,12H,1-7,9H2,(H,19,20). The summed E-state index contributed by atoms with van der Waals surface area (Å²) in [6, 6.07) is 1.75. The third-order valence-electron chi connectivity index (χ3n) is 4.40. The van der Waals surface area contributed by atoms with E-state index in [0.29, 0.717) is 57.0 Å². The van der Waals surface area contributed by atoms with E-state index in [1.54, 1.807) is 6.07 Å². The van der Waals surface area contributed by atoms with Gasteiger partial charge in [-0.2, -0.15) is 0 Å². The van der Waals surface area contributed by atoms with Gasteiger partial charge in [0, 0.05) is 24.4 Å². The first-order valence-electron chi connectivity index (χ1n) is 7.90. The van der Waals surface area contributed by atoms with Crippen LogP contribution in [0.4, 0.5) is 14.6 Å². The summed E-state index contributed by atoms with van der Waals surface area (Å²) in [7, 11) is 0. The third kappa shape index (κ3) is 4.08. The smallest absolute Gasteiger partial charge is 0.251 e. The van der Waals surface area contributed by atoms with Crippen LogP contribution in [0.5, 0.6) is 0 Å². The zero-order valence-corrected chi connectivity index (χ0v) is 13.5. The zero-order valence-electron chi connectivity index (χ0n) is 12.7. The van der Waals surface area contributed by atoms with Crippen molar-refractivity contribution in [1.82, 2.24) is 10.2 Å². The molecule has 1 saturated carbocycles. The molecular weight excluding hydrogens is 328 g/mol. The quantitative estimate of drug-likeness (QED) is 0.884. The molecule has 1 aromatic heterocycles. The fourth-order valence-corrected chi connectivity index (χ4v) is 3.31. The molecule has 23 heavy (non-hydrogen) atoms. The third-order valence-corrected chi connectivity index (χ3v) is 4.69. The SMILES string of the molecule is FC1(F)CCCC1CCNc1cc(C2COCCO2)c(Cl)nn1. The lowest BCUT2D eigenvalue weighted by atomic mass is 10.0. The fraction of sp³-hybridized carbons (Fsp3) is 0.733. The van der Waals surface area contributed by atoms with Crippen LogP contribution in [0.1, 0.15) is 37.4 Å². The molecule has 1 saturated heterocycles. The van der Waals surface area contributed by atoms with Crippen molar-refractivity contribution in [3.05, 3.63) is 16.8 Å². The Balaban J connectivity index is 1.58. The molecule has 2 fully saturated rings. The maximum absolute atomic E-state index is 13.6. The molecule has 1 aliphatic heterocycles. The van der Waals surface area contributed by atoms with Gasteiger partial charge in [-0.25, -0.2) is 8.78 Å². The second-order valence-electron chi connectivity index (χ2n) is 5.98. The van der Waals surface area contributed by atoms with Crippen LogP contribution in [-0.2, 0) is 9.47 Å². The summed E-state index contributed by atoms with van der Waals surface area (Å²) in [6.07, 6.45) is 1.32. The Morgan fingerprint density at radius 2 is 2.22 bits per heavy atom. The van der Waals surface area contributed by atoms with Crippen LogP contribution in [0, 0.1) is 5.92 Å². The van der Waals surface area contributed by atoms with Crippen molar-refractivity contribution in [2.45, 2.75) is 37.7 Å². The highest BCUT2D eigenvalue weighted by molar-refractivity contribution is 6.30. The summed E-state index contributed by atoms with van der Waals surface area (Å²) in [5.41, 5.74) is 0.704. The molecule has 8 heteroatoms. The lowest BCUT2D eigenvalue weighted by molar-refractivity contribution is -0.0902. The van der Waals surface area contributed by atoms with Crippen LogP contribution < -0.4 is 5.32 Å². The predicted octanol–water partition coefficient (Wildman–Crippen LogP) is 3.46. The maximum atomic E-state index is 13.6. The molecule has 1 N–H and O–H groups in total. The first kappa shape index (κ1) is 16.8. The summed E-state index contributed by atoms with van der Waals surface area (Å²) < 4.78 is 38.2. The Labute approximate surface area is 138 Å². The number of halogens is 3. The van der Waals surface area contributed by atoms with E-state index in [-0.39, 0.29) is 17.7 Å². The zero-order chi connectivity index (χ0) is 16.3. The lowest BCUT2D eigenvalue weighted by Crippen LogP contribution is -2.24. The Morgan fingerprint density at radius 3 is 2.91 bits per heavy atom. The fourth-order valence-electron chi connectivity index (χ4n) is 3.10. The molecular formula is C15H20ClF2N3O2. The van der Waals surface area contributed by atoms with Gasteiger partial charge in [-0.1, -0.05) is 11.6 Å². The minimum atomic E-state index is -2.54. The number of hydrogen-bond acceptors (Lipinski definition) is 5. The molecule has 2 heterocycles. The molecule has 5 nitrogen and oxygen atoms in total. The normalized spacial score (nSPS) is 27.1. The second-order valence-corrected chi connectivity index (χ2v) is 6.33. The van der Waals surface area contributed by atoms with E-state index in [4.69, 9.17) is 21.1 Å². The lowest BCUT2D eigenvalue weighted by Gasteiger charge is -2.24. The average molecular weight is 348 g/mol. The molecule has 2 unspecified atom stereocenters. The monoisotopic (exact) mass is 347 g/mol. The molecule has 128 valence electrons. The summed E-state index contributed by atoms with van der Waals surface area (Å²) in [5, 5.41) is 11.2. The number of nitrogens with zero attached hydrogens (tertiary/aromatic N) is 2. The highest BCUT2D eigenvalue weighted by atomic mass is 35.5. The van der Waals surface area contributed by atoms with Gasteiger partial charge >= 0.3 is 0 Å². The van der Waals surface area contributed by atoms with Gasteiger partial charge in [-0.05, 0) is 25.3 Å². The van der Waals surface area contributed by atoms with Gasteiger partial charge in [0.25, 0.3) is 5.92 Å². The van der Waals surface area contributed by atoms with Gasteiger partial charge in [0.1, 0.15) is 11.9 Å². The van der Waals surface area contributed by atoms with Crippen LogP contribution in [0.15, 0.2) is 6.07 Å². The Kier molecular flexibility index (Phi) is 5.28. The highest BCUT2D eigenvalue weighted by Gasteiger charge is 2.42. The van der Waals surface area contributed by atoms with Crippen molar-refractivity contribution in [3.8, 4) is 0 Å². The van der Waals surface area contributed by atoms with Gasteiger partial charge in [0.05, 0.1) is 19.8 Å². The number of rotatable bonds is 5.